The predicted molar refractivity (Wildman–Crippen MR) is 148 cm³/mol. The zero-order chi connectivity index (χ0) is 24.0. The molecule has 174 valence electrons. The van der Waals surface area contributed by atoms with Crippen LogP contribution in [0.5, 0.6) is 5.75 Å². The fourth-order valence-electron chi connectivity index (χ4n) is 3.46. The van der Waals surface area contributed by atoms with Crippen molar-refractivity contribution in [1.29, 1.82) is 0 Å². The van der Waals surface area contributed by atoms with Gasteiger partial charge in [0, 0.05) is 3.57 Å². The van der Waals surface area contributed by atoms with Gasteiger partial charge in [-0.25, -0.2) is 4.99 Å². The number of benzene rings is 3. The van der Waals surface area contributed by atoms with Crippen LogP contribution in [-0.2, 0) is 17.9 Å². The number of furan rings is 1. The lowest BCUT2D eigenvalue weighted by molar-refractivity contribution is -0.122. The van der Waals surface area contributed by atoms with Crippen molar-refractivity contribution in [2.45, 2.75) is 13.2 Å². The van der Waals surface area contributed by atoms with Gasteiger partial charge in [0.05, 0.1) is 23.4 Å². The first-order valence-corrected chi connectivity index (χ1v) is 12.9. The van der Waals surface area contributed by atoms with Crippen LogP contribution in [0, 0.1) is 3.57 Å². The average Bonchev–Trinajstić information content (AvgIpc) is 3.50. The number of hydrogen-bond acceptors (Lipinski definition) is 5. The third kappa shape index (κ3) is 6.04. The summed E-state index contributed by atoms with van der Waals surface area (Å²) in [4.78, 5) is 20.3. The van der Waals surface area contributed by atoms with Gasteiger partial charge in [0.15, 0.2) is 5.17 Å². The van der Waals surface area contributed by atoms with E-state index in [0.717, 1.165) is 22.6 Å². The van der Waals surface area contributed by atoms with Crippen LogP contribution in [0.3, 0.4) is 0 Å². The summed E-state index contributed by atoms with van der Waals surface area (Å²) in [5, 5.41) is 0.626. The smallest absolute Gasteiger partial charge is 0.267 e. The first-order valence-electron chi connectivity index (χ1n) is 11.0. The molecule has 0 spiro atoms. The number of amidine groups is 1. The van der Waals surface area contributed by atoms with Gasteiger partial charge in [0.2, 0.25) is 0 Å². The topological polar surface area (TPSA) is 55.0 Å². The number of hydrogen-bond donors (Lipinski definition) is 0. The maximum absolute atomic E-state index is 13.3. The molecule has 0 N–H and O–H groups in total. The number of carbonyl (C=O) groups excluding carboxylic acids is 1. The number of thioether (sulfide) groups is 1. The summed E-state index contributed by atoms with van der Waals surface area (Å²) in [6.45, 7) is 0.833. The normalized spacial score (nSPS) is 15.8. The van der Waals surface area contributed by atoms with E-state index in [1.54, 1.807) is 11.2 Å². The number of rotatable bonds is 7. The summed E-state index contributed by atoms with van der Waals surface area (Å²) in [6, 6.07) is 29.3. The molecule has 1 amide bonds. The van der Waals surface area contributed by atoms with Crippen LogP contribution in [-0.4, -0.2) is 16.0 Å². The highest BCUT2D eigenvalue weighted by Gasteiger charge is 2.34. The van der Waals surface area contributed by atoms with E-state index in [1.165, 1.54) is 15.3 Å². The Kier molecular flexibility index (Phi) is 7.34. The van der Waals surface area contributed by atoms with Gasteiger partial charge in [-0.15, -0.1) is 0 Å². The van der Waals surface area contributed by atoms with Crippen LogP contribution >= 0.6 is 34.4 Å². The molecule has 4 aromatic rings. The van der Waals surface area contributed by atoms with Crippen LogP contribution in [0.4, 0.5) is 5.69 Å². The van der Waals surface area contributed by atoms with Crippen molar-refractivity contribution >= 4 is 57.2 Å². The van der Waals surface area contributed by atoms with Gasteiger partial charge < -0.3 is 9.15 Å². The van der Waals surface area contributed by atoms with E-state index in [9.17, 15) is 4.79 Å². The SMILES string of the molecule is O=C1/C(=C/c2ccc(OCc3ccc(I)cc3)cc2)SC(=Nc2ccccc2)N1Cc1ccco1. The Bertz CT molecular complexity index is 1350. The second kappa shape index (κ2) is 11.0. The second-order valence-corrected chi connectivity index (χ2v) is 10.1. The number of para-hydroxylation sites is 1. The monoisotopic (exact) mass is 592 g/mol. The highest BCUT2D eigenvalue weighted by molar-refractivity contribution is 14.1. The number of aliphatic imine (C=N–C) groups is 1. The van der Waals surface area contributed by atoms with Crippen molar-refractivity contribution in [3.8, 4) is 5.75 Å². The van der Waals surface area contributed by atoms with Crippen molar-refractivity contribution in [3.63, 3.8) is 0 Å². The van der Waals surface area contributed by atoms with Crippen molar-refractivity contribution in [2.24, 2.45) is 4.99 Å². The maximum Gasteiger partial charge on any atom is 0.267 e. The van der Waals surface area contributed by atoms with Crippen molar-refractivity contribution in [2.75, 3.05) is 0 Å². The Morgan fingerprint density at radius 3 is 2.43 bits per heavy atom. The van der Waals surface area contributed by atoms with Crippen molar-refractivity contribution in [1.82, 2.24) is 4.90 Å². The molecular formula is C28H21IN2O3S. The minimum absolute atomic E-state index is 0.0971. The molecule has 3 aromatic carbocycles. The quantitative estimate of drug-likeness (QED) is 0.167. The van der Waals surface area contributed by atoms with E-state index in [2.05, 4.69) is 46.9 Å². The third-order valence-corrected chi connectivity index (χ3v) is 6.99. The molecule has 1 saturated heterocycles. The molecule has 1 fully saturated rings. The molecule has 35 heavy (non-hydrogen) atoms. The summed E-state index contributed by atoms with van der Waals surface area (Å²) >= 11 is 3.65. The molecular weight excluding hydrogens is 571 g/mol. The number of halogens is 1. The molecule has 1 aromatic heterocycles. The molecule has 0 unspecified atom stereocenters. The third-order valence-electron chi connectivity index (χ3n) is 5.26. The Morgan fingerprint density at radius 1 is 0.943 bits per heavy atom. The lowest BCUT2D eigenvalue weighted by atomic mass is 10.2. The van der Waals surface area contributed by atoms with E-state index in [0.29, 0.717) is 29.0 Å². The minimum Gasteiger partial charge on any atom is -0.489 e. The Hall–Kier alpha value is -3.30. The van der Waals surface area contributed by atoms with Gasteiger partial charge in [0.1, 0.15) is 18.1 Å². The van der Waals surface area contributed by atoms with Gasteiger partial charge >= 0.3 is 0 Å². The average molecular weight is 592 g/mol. The summed E-state index contributed by atoms with van der Waals surface area (Å²) in [5.74, 6) is 1.39. The fraction of sp³-hybridized carbons (Fsp3) is 0.0714. The van der Waals surface area contributed by atoms with Gasteiger partial charge in [-0.2, -0.15) is 0 Å². The molecule has 7 heteroatoms. The van der Waals surface area contributed by atoms with Gasteiger partial charge in [0.25, 0.3) is 5.91 Å². The Morgan fingerprint density at radius 2 is 1.71 bits per heavy atom. The summed E-state index contributed by atoms with van der Waals surface area (Å²) in [6.07, 6.45) is 3.49. The van der Waals surface area contributed by atoms with Crippen molar-refractivity contribution < 1.29 is 13.9 Å². The Labute approximate surface area is 221 Å². The van der Waals surface area contributed by atoms with E-state index >= 15 is 0 Å². The lowest BCUT2D eigenvalue weighted by Gasteiger charge is -2.13. The number of ether oxygens (including phenoxy) is 1. The molecule has 0 bridgehead atoms. The first-order chi connectivity index (χ1) is 17.1. The van der Waals surface area contributed by atoms with Crippen LogP contribution in [0.25, 0.3) is 6.08 Å². The zero-order valence-corrected chi connectivity index (χ0v) is 21.6. The second-order valence-electron chi connectivity index (χ2n) is 7.80. The zero-order valence-electron chi connectivity index (χ0n) is 18.6. The molecule has 5 rings (SSSR count). The van der Waals surface area contributed by atoms with Gasteiger partial charge in [-0.1, -0.05) is 42.5 Å². The van der Waals surface area contributed by atoms with Gasteiger partial charge in [-0.3, -0.25) is 9.69 Å². The lowest BCUT2D eigenvalue weighted by Crippen LogP contribution is -2.28. The standard InChI is InChI=1S/C28H21IN2O3S/c29-22-12-8-21(9-13-22)19-34-24-14-10-20(11-15-24)17-26-27(32)31(18-25-7-4-16-33-25)28(35-26)30-23-5-2-1-3-6-23/h1-17H,18-19H2/b26-17-,30-28?. The molecule has 0 radical (unpaired) electrons. The summed E-state index contributed by atoms with van der Waals surface area (Å²) in [5.41, 5.74) is 2.83. The maximum atomic E-state index is 13.3. The highest BCUT2D eigenvalue weighted by Crippen LogP contribution is 2.35. The summed E-state index contributed by atoms with van der Waals surface area (Å²) in [7, 11) is 0. The number of nitrogens with zero attached hydrogens (tertiary/aromatic N) is 2. The van der Waals surface area contributed by atoms with Crippen LogP contribution in [0.2, 0.25) is 0 Å². The van der Waals surface area contributed by atoms with Crippen molar-refractivity contribution in [3.05, 3.63) is 123 Å². The van der Waals surface area contributed by atoms with E-state index < -0.39 is 0 Å². The Balaban J connectivity index is 1.33. The molecule has 2 heterocycles. The molecule has 1 aliphatic heterocycles. The molecule has 5 nitrogen and oxygen atoms in total. The van der Waals surface area contributed by atoms with E-state index in [1.807, 2.05) is 72.8 Å². The van der Waals surface area contributed by atoms with Crippen LogP contribution in [0.15, 0.2) is 112 Å². The van der Waals surface area contributed by atoms with E-state index in [4.69, 9.17) is 14.1 Å². The van der Waals surface area contributed by atoms with Crippen LogP contribution < -0.4 is 4.74 Å². The summed E-state index contributed by atoms with van der Waals surface area (Å²) < 4.78 is 12.6. The van der Waals surface area contributed by atoms with E-state index in [-0.39, 0.29) is 5.91 Å². The van der Waals surface area contributed by atoms with Crippen LogP contribution in [0.1, 0.15) is 16.9 Å². The number of amides is 1. The first kappa shape index (κ1) is 23.4. The molecule has 1 aliphatic rings. The molecule has 0 atom stereocenters. The molecule has 0 saturated carbocycles. The predicted octanol–water partition coefficient (Wildman–Crippen LogP) is 7.27. The van der Waals surface area contributed by atoms with Gasteiger partial charge in [-0.05, 0) is 100 Å². The largest absolute Gasteiger partial charge is 0.489 e. The minimum atomic E-state index is -0.0971. The fourth-order valence-corrected chi connectivity index (χ4v) is 4.82. The highest BCUT2D eigenvalue weighted by atomic mass is 127. The molecule has 0 aliphatic carbocycles. The number of carbonyl (C=O) groups is 1.